The molecule has 1 atom stereocenters. The Bertz CT molecular complexity index is 559. The molecule has 4 heteroatoms. The highest BCUT2D eigenvalue weighted by Gasteiger charge is 2.10. The Morgan fingerprint density at radius 2 is 1.95 bits per heavy atom. The molecule has 21 heavy (non-hydrogen) atoms. The minimum Gasteiger partial charge on any atom is -0.494 e. The van der Waals surface area contributed by atoms with Crippen LogP contribution in [-0.4, -0.2) is 19.4 Å². The van der Waals surface area contributed by atoms with Crippen molar-refractivity contribution >= 4 is 11.8 Å². The van der Waals surface area contributed by atoms with Crippen molar-refractivity contribution in [3.05, 3.63) is 59.9 Å². The van der Waals surface area contributed by atoms with E-state index in [1.807, 2.05) is 38.2 Å². The van der Waals surface area contributed by atoms with E-state index in [-0.39, 0.29) is 11.9 Å². The second kappa shape index (κ2) is 8.05. The molecule has 2 nitrogen and oxygen atoms in total. The van der Waals surface area contributed by atoms with Crippen LogP contribution < -0.4 is 10.1 Å². The fourth-order valence-corrected chi connectivity index (χ4v) is 3.09. The molecule has 0 aliphatic carbocycles. The monoisotopic (exact) mass is 305 g/mol. The molecule has 0 saturated heterocycles. The molecule has 0 radical (unpaired) electrons. The predicted octanol–water partition coefficient (Wildman–Crippen LogP) is 4.28. The zero-order valence-corrected chi connectivity index (χ0v) is 13.1. The van der Waals surface area contributed by atoms with Gasteiger partial charge in [-0.05, 0) is 55.9 Å². The van der Waals surface area contributed by atoms with Crippen LogP contribution in [0.25, 0.3) is 0 Å². The molecule has 0 spiro atoms. The number of hydrogen-bond donors (Lipinski definition) is 1. The van der Waals surface area contributed by atoms with Crippen molar-refractivity contribution in [3.8, 4) is 5.75 Å². The maximum absolute atomic E-state index is 12.9. The van der Waals surface area contributed by atoms with Gasteiger partial charge in [-0.25, -0.2) is 4.39 Å². The van der Waals surface area contributed by atoms with Gasteiger partial charge < -0.3 is 10.1 Å². The standard InChI is InChI=1S/C17H20FNOS/c1-3-20-15-6-4-5-13(11-15)17(19-2)12-21-16-9-7-14(18)8-10-16/h4-11,17,19H,3,12H2,1-2H3. The summed E-state index contributed by atoms with van der Waals surface area (Å²) in [5, 5.41) is 3.32. The molecule has 0 fully saturated rings. The van der Waals surface area contributed by atoms with Crippen molar-refractivity contribution in [2.45, 2.75) is 17.9 Å². The van der Waals surface area contributed by atoms with Crippen LogP contribution in [0.2, 0.25) is 0 Å². The summed E-state index contributed by atoms with van der Waals surface area (Å²) in [4.78, 5) is 1.07. The number of benzene rings is 2. The summed E-state index contributed by atoms with van der Waals surface area (Å²) in [5.74, 6) is 1.56. The fourth-order valence-electron chi connectivity index (χ4n) is 2.04. The molecule has 0 aromatic heterocycles. The highest BCUT2D eigenvalue weighted by atomic mass is 32.2. The number of thioether (sulfide) groups is 1. The number of ether oxygens (including phenoxy) is 1. The lowest BCUT2D eigenvalue weighted by Crippen LogP contribution is -2.18. The van der Waals surface area contributed by atoms with E-state index >= 15 is 0 Å². The molecule has 0 amide bonds. The lowest BCUT2D eigenvalue weighted by atomic mass is 10.1. The maximum atomic E-state index is 12.9. The first kappa shape index (κ1) is 15.9. The zero-order chi connectivity index (χ0) is 15.1. The summed E-state index contributed by atoms with van der Waals surface area (Å²) in [6.45, 7) is 2.64. The zero-order valence-electron chi connectivity index (χ0n) is 12.3. The third-order valence-electron chi connectivity index (χ3n) is 3.15. The van der Waals surface area contributed by atoms with Crippen LogP contribution in [0.1, 0.15) is 18.5 Å². The molecule has 2 aromatic carbocycles. The van der Waals surface area contributed by atoms with Crippen molar-refractivity contribution in [3.63, 3.8) is 0 Å². The van der Waals surface area contributed by atoms with Crippen LogP contribution in [0, 0.1) is 5.82 Å². The smallest absolute Gasteiger partial charge is 0.123 e. The lowest BCUT2D eigenvalue weighted by molar-refractivity contribution is 0.339. The van der Waals surface area contributed by atoms with Crippen molar-refractivity contribution in [1.82, 2.24) is 5.32 Å². The van der Waals surface area contributed by atoms with Gasteiger partial charge in [-0.2, -0.15) is 0 Å². The molecule has 0 aliphatic rings. The number of nitrogens with one attached hydrogen (secondary N) is 1. The van der Waals surface area contributed by atoms with E-state index in [9.17, 15) is 4.39 Å². The van der Waals surface area contributed by atoms with Crippen LogP contribution in [-0.2, 0) is 0 Å². The van der Waals surface area contributed by atoms with Gasteiger partial charge >= 0.3 is 0 Å². The largest absolute Gasteiger partial charge is 0.494 e. The van der Waals surface area contributed by atoms with Gasteiger partial charge in [0, 0.05) is 16.7 Å². The minimum absolute atomic E-state index is 0.200. The second-order valence-corrected chi connectivity index (χ2v) is 5.71. The lowest BCUT2D eigenvalue weighted by Gasteiger charge is -2.17. The molecule has 0 aliphatic heterocycles. The Kier molecular flexibility index (Phi) is 6.08. The molecule has 2 rings (SSSR count). The van der Waals surface area contributed by atoms with Gasteiger partial charge in [0.25, 0.3) is 0 Å². The summed E-state index contributed by atoms with van der Waals surface area (Å²) in [7, 11) is 1.95. The summed E-state index contributed by atoms with van der Waals surface area (Å²) in [6.07, 6.45) is 0. The molecule has 1 N–H and O–H groups in total. The predicted molar refractivity (Wildman–Crippen MR) is 86.5 cm³/mol. The van der Waals surface area contributed by atoms with Gasteiger partial charge in [0.1, 0.15) is 11.6 Å². The Hall–Kier alpha value is -1.52. The van der Waals surface area contributed by atoms with Crippen molar-refractivity contribution in [2.24, 2.45) is 0 Å². The SMILES string of the molecule is CCOc1cccc(C(CSc2ccc(F)cc2)NC)c1. The van der Waals surface area contributed by atoms with E-state index < -0.39 is 0 Å². The van der Waals surface area contributed by atoms with Gasteiger partial charge in [-0.3, -0.25) is 0 Å². The van der Waals surface area contributed by atoms with E-state index in [2.05, 4.69) is 17.4 Å². The average molecular weight is 305 g/mol. The molecule has 2 aromatic rings. The van der Waals surface area contributed by atoms with Crippen LogP contribution in [0.3, 0.4) is 0 Å². The summed E-state index contributed by atoms with van der Waals surface area (Å²) in [5.41, 5.74) is 1.19. The summed E-state index contributed by atoms with van der Waals surface area (Å²) in [6, 6.07) is 15.0. The van der Waals surface area contributed by atoms with Crippen LogP contribution in [0.5, 0.6) is 5.75 Å². The van der Waals surface area contributed by atoms with Crippen molar-refractivity contribution in [2.75, 3.05) is 19.4 Å². The Morgan fingerprint density at radius 3 is 2.62 bits per heavy atom. The molecular weight excluding hydrogens is 285 g/mol. The van der Waals surface area contributed by atoms with Crippen LogP contribution >= 0.6 is 11.8 Å². The normalized spacial score (nSPS) is 12.1. The van der Waals surface area contributed by atoms with Gasteiger partial charge in [-0.15, -0.1) is 11.8 Å². The minimum atomic E-state index is -0.200. The highest BCUT2D eigenvalue weighted by molar-refractivity contribution is 7.99. The number of halogens is 1. The summed E-state index contributed by atoms with van der Waals surface area (Å²) < 4.78 is 18.4. The number of hydrogen-bond acceptors (Lipinski definition) is 3. The third-order valence-corrected chi connectivity index (χ3v) is 4.26. The topological polar surface area (TPSA) is 21.3 Å². The van der Waals surface area contributed by atoms with Crippen molar-refractivity contribution in [1.29, 1.82) is 0 Å². The third kappa shape index (κ3) is 4.76. The summed E-state index contributed by atoms with van der Waals surface area (Å²) >= 11 is 1.71. The van der Waals surface area contributed by atoms with Crippen LogP contribution in [0.15, 0.2) is 53.4 Å². The molecule has 112 valence electrons. The van der Waals surface area contributed by atoms with Gasteiger partial charge in [0.2, 0.25) is 0 Å². The average Bonchev–Trinajstić information content (AvgIpc) is 2.50. The van der Waals surface area contributed by atoms with Gasteiger partial charge in [-0.1, -0.05) is 12.1 Å². The first-order chi connectivity index (χ1) is 10.2. The maximum Gasteiger partial charge on any atom is 0.123 e. The van der Waals surface area contributed by atoms with Crippen LogP contribution in [0.4, 0.5) is 4.39 Å². The highest BCUT2D eigenvalue weighted by Crippen LogP contribution is 2.26. The Labute approximate surface area is 129 Å². The van der Waals surface area contributed by atoms with E-state index in [0.717, 1.165) is 16.4 Å². The number of rotatable bonds is 7. The van der Waals surface area contributed by atoms with E-state index in [1.54, 1.807) is 11.8 Å². The second-order valence-electron chi connectivity index (χ2n) is 4.61. The fraction of sp³-hybridized carbons (Fsp3) is 0.294. The first-order valence-electron chi connectivity index (χ1n) is 7.01. The molecule has 0 bridgehead atoms. The quantitative estimate of drug-likeness (QED) is 0.772. The van der Waals surface area contributed by atoms with Crippen molar-refractivity contribution < 1.29 is 9.13 Å². The molecule has 0 saturated carbocycles. The Morgan fingerprint density at radius 1 is 1.19 bits per heavy atom. The first-order valence-corrected chi connectivity index (χ1v) is 8.00. The molecular formula is C17H20FNOS. The Balaban J connectivity index is 2.02. The molecule has 0 heterocycles. The van der Waals surface area contributed by atoms with Gasteiger partial charge in [0.15, 0.2) is 0 Å². The van der Waals surface area contributed by atoms with E-state index in [0.29, 0.717) is 6.61 Å². The van der Waals surface area contributed by atoms with Gasteiger partial charge in [0.05, 0.1) is 6.61 Å². The van der Waals surface area contributed by atoms with E-state index in [1.165, 1.54) is 17.7 Å². The molecule has 1 unspecified atom stereocenters. The van der Waals surface area contributed by atoms with E-state index in [4.69, 9.17) is 4.74 Å².